The minimum absolute atomic E-state index is 0.0305. The van der Waals surface area contributed by atoms with Gasteiger partial charge >= 0.3 is 5.97 Å². The van der Waals surface area contributed by atoms with Crippen LogP contribution < -0.4 is 5.73 Å². The predicted octanol–water partition coefficient (Wildman–Crippen LogP) is 2.52. The zero-order valence-corrected chi connectivity index (χ0v) is 10.9. The van der Waals surface area contributed by atoms with Crippen molar-refractivity contribution in [3.63, 3.8) is 0 Å². The molecule has 5 heteroatoms. The van der Waals surface area contributed by atoms with E-state index in [2.05, 4.69) is 4.98 Å². The van der Waals surface area contributed by atoms with Crippen LogP contribution in [0.3, 0.4) is 0 Å². The molecule has 3 N–H and O–H groups in total. The van der Waals surface area contributed by atoms with Gasteiger partial charge in [0.05, 0.1) is 0 Å². The lowest BCUT2D eigenvalue weighted by Gasteiger charge is -2.06. The molecule has 3 aromatic rings. The van der Waals surface area contributed by atoms with Crippen LogP contribution in [0.2, 0.25) is 0 Å². The second-order valence-electron chi connectivity index (χ2n) is 4.59. The van der Waals surface area contributed by atoms with Crippen molar-refractivity contribution in [3.05, 3.63) is 48.3 Å². The van der Waals surface area contributed by atoms with Gasteiger partial charge < -0.3 is 15.4 Å². The SMILES string of the molecule is Cn1cc(-c2ccnc(N)c2C(=O)O)c2ccccc21. The van der Waals surface area contributed by atoms with E-state index >= 15 is 0 Å². The van der Waals surface area contributed by atoms with Gasteiger partial charge in [-0.15, -0.1) is 0 Å². The molecule has 0 aliphatic heterocycles. The minimum atomic E-state index is -1.07. The highest BCUT2D eigenvalue weighted by Crippen LogP contribution is 2.33. The van der Waals surface area contributed by atoms with E-state index in [-0.39, 0.29) is 11.4 Å². The van der Waals surface area contributed by atoms with Gasteiger partial charge in [0, 0.05) is 41.5 Å². The first kappa shape index (κ1) is 12.2. The van der Waals surface area contributed by atoms with Gasteiger partial charge in [-0.2, -0.15) is 0 Å². The number of hydrogen-bond acceptors (Lipinski definition) is 3. The van der Waals surface area contributed by atoms with E-state index in [1.54, 1.807) is 6.07 Å². The molecule has 20 heavy (non-hydrogen) atoms. The predicted molar refractivity (Wildman–Crippen MR) is 77.5 cm³/mol. The summed E-state index contributed by atoms with van der Waals surface area (Å²) in [5, 5.41) is 10.3. The summed E-state index contributed by atoms with van der Waals surface area (Å²) >= 11 is 0. The fraction of sp³-hybridized carbons (Fsp3) is 0.0667. The van der Waals surface area contributed by atoms with Gasteiger partial charge in [0.2, 0.25) is 0 Å². The van der Waals surface area contributed by atoms with E-state index in [9.17, 15) is 9.90 Å². The maximum absolute atomic E-state index is 11.4. The van der Waals surface area contributed by atoms with Crippen LogP contribution in [-0.4, -0.2) is 20.6 Å². The fourth-order valence-corrected chi connectivity index (χ4v) is 2.48. The van der Waals surface area contributed by atoms with Crippen molar-refractivity contribution >= 4 is 22.7 Å². The Labute approximate surface area is 115 Å². The summed E-state index contributed by atoms with van der Waals surface area (Å²) in [6.45, 7) is 0. The summed E-state index contributed by atoms with van der Waals surface area (Å²) in [5.41, 5.74) is 8.22. The Morgan fingerprint density at radius 1 is 1.25 bits per heavy atom. The molecule has 2 aromatic heterocycles. The third-order valence-electron chi connectivity index (χ3n) is 3.38. The maximum atomic E-state index is 11.4. The van der Waals surface area contributed by atoms with Crippen LogP contribution in [0.1, 0.15) is 10.4 Å². The molecule has 0 aliphatic carbocycles. The normalized spacial score (nSPS) is 10.8. The average molecular weight is 267 g/mol. The summed E-state index contributed by atoms with van der Waals surface area (Å²) in [7, 11) is 1.93. The molecule has 3 rings (SSSR count). The number of carbonyl (C=O) groups is 1. The largest absolute Gasteiger partial charge is 0.478 e. The summed E-state index contributed by atoms with van der Waals surface area (Å²) in [4.78, 5) is 15.3. The fourth-order valence-electron chi connectivity index (χ4n) is 2.48. The highest BCUT2D eigenvalue weighted by Gasteiger charge is 2.19. The first-order chi connectivity index (χ1) is 9.59. The van der Waals surface area contributed by atoms with Crippen molar-refractivity contribution in [1.29, 1.82) is 0 Å². The third kappa shape index (κ3) is 1.72. The van der Waals surface area contributed by atoms with Crippen LogP contribution in [0, 0.1) is 0 Å². The molecule has 100 valence electrons. The Morgan fingerprint density at radius 2 is 2.00 bits per heavy atom. The smallest absolute Gasteiger partial charge is 0.340 e. The number of hydrogen-bond donors (Lipinski definition) is 2. The summed E-state index contributed by atoms with van der Waals surface area (Å²) in [5.74, 6) is -1.04. The molecule has 0 amide bonds. The number of pyridine rings is 1. The lowest BCUT2D eigenvalue weighted by Crippen LogP contribution is -2.06. The van der Waals surface area contributed by atoms with Crippen LogP contribution in [0.5, 0.6) is 0 Å². The molecule has 5 nitrogen and oxygen atoms in total. The number of para-hydroxylation sites is 1. The number of aromatic nitrogens is 2. The zero-order valence-electron chi connectivity index (χ0n) is 10.9. The van der Waals surface area contributed by atoms with Crippen molar-refractivity contribution < 1.29 is 9.90 Å². The van der Waals surface area contributed by atoms with Crippen molar-refractivity contribution in [2.24, 2.45) is 7.05 Å². The van der Waals surface area contributed by atoms with E-state index < -0.39 is 5.97 Å². The molecule has 0 unspecified atom stereocenters. The van der Waals surface area contributed by atoms with Crippen LogP contribution in [-0.2, 0) is 7.05 Å². The maximum Gasteiger partial charge on any atom is 0.340 e. The van der Waals surface area contributed by atoms with E-state index in [1.165, 1.54) is 6.20 Å². The van der Waals surface area contributed by atoms with E-state index in [0.29, 0.717) is 5.56 Å². The lowest BCUT2D eigenvalue weighted by atomic mass is 10.0. The molecule has 0 bridgehead atoms. The highest BCUT2D eigenvalue weighted by atomic mass is 16.4. The van der Waals surface area contributed by atoms with Gasteiger partial charge in [0.1, 0.15) is 11.4 Å². The quantitative estimate of drug-likeness (QED) is 0.747. The van der Waals surface area contributed by atoms with Gasteiger partial charge in [-0.1, -0.05) is 18.2 Å². The van der Waals surface area contributed by atoms with E-state index in [0.717, 1.165) is 16.5 Å². The summed E-state index contributed by atoms with van der Waals surface area (Å²) < 4.78 is 1.97. The Kier molecular flexibility index (Phi) is 2.68. The number of nitrogen functional groups attached to an aromatic ring is 1. The molecular formula is C15H13N3O2. The monoisotopic (exact) mass is 267 g/mol. The molecule has 0 atom stereocenters. The number of anilines is 1. The Morgan fingerprint density at radius 3 is 2.75 bits per heavy atom. The molecule has 1 aromatic carbocycles. The van der Waals surface area contributed by atoms with E-state index in [1.807, 2.05) is 42.1 Å². The molecule has 0 spiro atoms. The highest BCUT2D eigenvalue weighted by molar-refractivity contribution is 6.05. The Balaban J connectivity index is 2.38. The molecule has 2 heterocycles. The number of benzene rings is 1. The lowest BCUT2D eigenvalue weighted by molar-refractivity contribution is 0.0698. The van der Waals surface area contributed by atoms with Gasteiger partial charge in [-0.3, -0.25) is 0 Å². The van der Waals surface area contributed by atoms with E-state index in [4.69, 9.17) is 5.73 Å². The third-order valence-corrected chi connectivity index (χ3v) is 3.38. The Bertz CT molecular complexity index is 821. The molecule has 0 saturated heterocycles. The number of aryl methyl sites for hydroxylation is 1. The first-order valence-electron chi connectivity index (χ1n) is 6.12. The Hall–Kier alpha value is -2.82. The van der Waals surface area contributed by atoms with Gasteiger partial charge in [-0.25, -0.2) is 9.78 Å². The number of nitrogens with zero attached hydrogens (tertiary/aromatic N) is 2. The van der Waals surface area contributed by atoms with Crippen molar-refractivity contribution in [2.45, 2.75) is 0 Å². The summed E-state index contributed by atoms with van der Waals surface area (Å²) in [6.07, 6.45) is 3.44. The van der Waals surface area contributed by atoms with Crippen molar-refractivity contribution in [3.8, 4) is 11.1 Å². The van der Waals surface area contributed by atoms with Crippen molar-refractivity contribution in [2.75, 3.05) is 5.73 Å². The number of fused-ring (bicyclic) bond motifs is 1. The minimum Gasteiger partial charge on any atom is -0.478 e. The van der Waals surface area contributed by atoms with Crippen LogP contribution in [0.25, 0.3) is 22.0 Å². The summed E-state index contributed by atoms with van der Waals surface area (Å²) in [6, 6.07) is 9.51. The first-order valence-corrected chi connectivity index (χ1v) is 6.12. The standard InChI is InChI=1S/C15H13N3O2/c1-18-8-11(9-4-2-3-5-12(9)18)10-6-7-17-14(16)13(10)15(19)20/h2-8H,1H3,(H2,16,17)(H,19,20). The second-order valence-corrected chi connectivity index (χ2v) is 4.59. The van der Waals surface area contributed by atoms with Gasteiger partial charge in [0.15, 0.2) is 0 Å². The number of rotatable bonds is 2. The van der Waals surface area contributed by atoms with Crippen LogP contribution in [0.15, 0.2) is 42.7 Å². The van der Waals surface area contributed by atoms with Gasteiger partial charge in [0.25, 0.3) is 0 Å². The average Bonchev–Trinajstić information content (AvgIpc) is 2.76. The second kappa shape index (κ2) is 4.38. The van der Waals surface area contributed by atoms with Crippen LogP contribution >= 0.6 is 0 Å². The topological polar surface area (TPSA) is 81.1 Å². The van der Waals surface area contributed by atoms with Crippen molar-refractivity contribution in [1.82, 2.24) is 9.55 Å². The van der Waals surface area contributed by atoms with Crippen LogP contribution in [0.4, 0.5) is 5.82 Å². The molecule has 0 fully saturated rings. The molecule has 0 radical (unpaired) electrons. The molecule has 0 aliphatic rings. The molecular weight excluding hydrogens is 254 g/mol. The number of nitrogens with two attached hydrogens (primary N) is 1. The zero-order chi connectivity index (χ0) is 14.3. The molecule has 0 saturated carbocycles. The number of carboxylic acids is 1. The number of aromatic carboxylic acids is 1. The number of carboxylic acid groups (broad SMARTS) is 1. The van der Waals surface area contributed by atoms with Gasteiger partial charge in [-0.05, 0) is 12.1 Å².